The zero-order chi connectivity index (χ0) is 9.10. The van der Waals surface area contributed by atoms with Crippen LogP contribution in [-0.2, 0) is 11.3 Å². The van der Waals surface area contributed by atoms with Gasteiger partial charge < -0.3 is 10.1 Å². The van der Waals surface area contributed by atoms with E-state index < -0.39 is 0 Å². The average molecular weight is 198 g/mol. The number of rotatable bonds is 3. The van der Waals surface area contributed by atoms with Crippen molar-refractivity contribution in [3.8, 4) is 0 Å². The van der Waals surface area contributed by atoms with Crippen molar-refractivity contribution in [1.29, 1.82) is 0 Å². The second-order valence-electron chi connectivity index (χ2n) is 3.27. The summed E-state index contributed by atoms with van der Waals surface area (Å²) in [6.07, 6.45) is 3.45. The molecule has 1 aliphatic rings. The Morgan fingerprint density at radius 1 is 1.77 bits per heavy atom. The number of hydrogen-bond acceptors (Lipinski definition) is 4. The van der Waals surface area contributed by atoms with E-state index in [9.17, 15) is 0 Å². The lowest BCUT2D eigenvalue weighted by Crippen LogP contribution is -2.16. The topological polar surface area (TPSA) is 34.1 Å². The quantitative estimate of drug-likeness (QED) is 0.795. The Labute approximate surface area is 82.1 Å². The lowest BCUT2D eigenvalue weighted by Gasteiger charge is -2.08. The number of nitrogens with one attached hydrogen (secondary N) is 1. The molecule has 3 nitrogen and oxygen atoms in total. The van der Waals surface area contributed by atoms with E-state index in [1.54, 1.807) is 11.3 Å². The summed E-state index contributed by atoms with van der Waals surface area (Å²) in [6, 6.07) is 0. The standard InChI is InChI=1S/C9H14N2OS/c1-7-11-5-9(13-7)6-12-8-2-3-10-4-8/h5,8,10H,2-4,6H2,1H3. The summed E-state index contributed by atoms with van der Waals surface area (Å²) in [6.45, 7) is 4.83. The minimum absolute atomic E-state index is 0.405. The summed E-state index contributed by atoms with van der Waals surface area (Å²) in [7, 11) is 0. The fourth-order valence-electron chi connectivity index (χ4n) is 1.44. The van der Waals surface area contributed by atoms with Gasteiger partial charge in [-0.1, -0.05) is 0 Å². The maximum Gasteiger partial charge on any atom is 0.0897 e. The summed E-state index contributed by atoms with van der Waals surface area (Å²) >= 11 is 1.71. The van der Waals surface area contributed by atoms with Crippen LogP contribution in [0.1, 0.15) is 16.3 Å². The molecule has 1 aromatic heterocycles. The highest BCUT2D eigenvalue weighted by Gasteiger charge is 2.14. The van der Waals surface area contributed by atoms with Gasteiger partial charge in [0.25, 0.3) is 0 Å². The third kappa shape index (κ3) is 2.49. The lowest BCUT2D eigenvalue weighted by atomic mass is 10.3. The number of ether oxygens (including phenoxy) is 1. The van der Waals surface area contributed by atoms with Gasteiger partial charge in [0.2, 0.25) is 0 Å². The molecule has 1 unspecified atom stereocenters. The van der Waals surface area contributed by atoms with E-state index in [4.69, 9.17) is 4.74 Å². The SMILES string of the molecule is Cc1ncc(COC2CCNC2)s1. The van der Waals surface area contributed by atoms with Gasteiger partial charge in [-0.2, -0.15) is 0 Å². The molecule has 0 aliphatic carbocycles. The van der Waals surface area contributed by atoms with E-state index >= 15 is 0 Å². The molecular weight excluding hydrogens is 184 g/mol. The molecule has 1 saturated heterocycles. The van der Waals surface area contributed by atoms with Crippen molar-refractivity contribution in [2.24, 2.45) is 0 Å². The first kappa shape index (κ1) is 9.12. The van der Waals surface area contributed by atoms with Gasteiger partial charge >= 0.3 is 0 Å². The Kier molecular flexibility index (Phi) is 2.93. The van der Waals surface area contributed by atoms with Gasteiger partial charge in [0.05, 0.1) is 22.6 Å². The number of thiazole rings is 1. The normalized spacial score (nSPS) is 22.4. The van der Waals surface area contributed by atoms with Gasteiger partial charge in [0.15, 0.2) is 0 Å². The molecule has 0 radical (unpaired) electrons. The van der Waals surface area contributed by atoms with Crippen LogP contribution in [0.4, 0.5) is 0 Å². The van der Waals surface area contributed by atoms with E-state index in [0.717, 1.165) is 31.1 Å². The van der Waals surface area contributed by atoms with Crippen LogP contribution in [0.2, 0.25) is 0 Å². The number of aromatic nitrogens is 1. The van der Waals surface area contributed by atoms with E-state index in [1.807, 2.05) is 13.1 Å². The van der Waals surface area contributed by atoms with Crippen molar-refractivity contribution < 1.29 is 4.74 Å². The van der Waals surface area contributed by atoms with Crippen LogP contribution in [0, 0.1) is 6.92 Å². The molecule has 0 spiro atoms. The summed E-state index contributed by atoms with van der Waals surface area (Å²) < 4.78 is 5.71. The molecule has 0 amide bonds. The first-order valence-corrected chi connectivity index (χ1v) is 5.40. The Morgan fingerprint density at radius 2 is 2.69 bits per heavy atom. The predicted molar refractivity (Wildman–Crippen MR) is 52.9 cm³/mol. The lowest BCUT2D eigenvalue weighted by molar-refractivity contribution is 0.0558. The van der Waals surface area contributed by atoms with Gasteiger partial charge in [0.1, 0.15) is 0 Å². The molecule has 13 heavy (non-hydrogen) atoms. The highest BCUT2D eigenvalue weighted by Crippen LogP contribution is 2.14. The first-order chi connectivity index (χ1) is 6.34. The smallest absolute Gasteiger partial charge is 0.0897 e. The minimum Gasteiger partial charge on any atom is -0.371 e. The molecule has 0 saturated carbocycles. The summed E-state index contributed by atoms with van der Waals surface area (Å²) in [4.78, 5) is 5.41. The van der Waals surface area contributed by atoms with Crippen LogP contribution in [0.5, 0.6) is 0 Å². The van der Waals surface area contributed by atoms with Crippen molar-refractivity contribution >= 4 is 11.3 Å². The van der Waals surface area contributed by atoms with Crippen LogP contribution < -0.4 is 5.32 Å². The van der Waals surface area contributed by atoms with Gasteiger partial charge in [-0.15, -0.1) is 11.3 Å². The zero-order valence-corrected chi connectivity index (χ0v) is 8.56. The second-order valence-corrected chi connectivity index (χ2v) is 4.59. The molecular formula is C9H14N2OS. The Hall–Kier alpha value is -0.450. The second kappa shape index (κ2) is 4.17. The van der Waals surface area contributed by atoms with Crippen LogP contribution >= 0.6 is 11.3 Å². The molecule has 0 aromatic carbocycles. The van der Waals surface area contributed by atoms with Crippen molar-refractivity contribution in [2.75, 3.05) is 13.1 Å². The molecule has 0 bridgehead atoms. The summed E-state index contributed by atoms with van der Waals surface area (Å²) in [5.41, 5.74) is 0. The van der Waals surface area contributed by atoms with Crippen LogP contribution in [0.3, 0.4) is 0 Å². The minimum atomic E-state index is 0.405. The van der Waals surface area contributed by atoms with E-state index in [2.05, 4.69) is 10.3 Å². The molecule has 1 aromatic rings. The van der Waals surface area contributed by atoms with Crippen molar-refractivity contribution in [3.63, 3.8) is 0 Å². The van der Waals surface area contributed by atoms with Crippen LogP contribution in [-0.4, -0.2) is 24.2 Å². The van der Waals surface area contributed by atoms with Gasteiger partial charge in [-0.3, -0.25) is 0 Å². The van der Waals surface area contributed by atoms with Crippen molar-refractivity contribution in [3.05, 3.63) is 16.1 Å². The largest absolute Gasteiger partial charge is 0.371 e. The number of hydrogen-bond donors (Lipinski definition) is 1. The fraction of sp³-hybridized carbons (Fsp3) is 0.667. The molecule has 2 rings (SSSR count). The van der Waals surface area contributed by atoms with E-state index in [0.29, 0.717) is 6.10 Å². The average Bonchev–Trinajstić information content (AvgIpc) is 2.71. The highest BCUT2D eigenvalue weighted by atomic mass is 32.1. The molecule has 1 aliphatic heterocycles. The fourth-order valence-corrected chi connectivity index (χ4v) is 2.16. The zero-order valence-electron chi connectivity index (χ0n) is 7.75. The molecule has 1 fully saturated rings. The van der Waals surface area contributed by atoms with Gasteiger partial charge in [0, 0.05) is 12.7 Å². The van der Waals surface area contributed by atoms with Crippen molar-refractivity contribution in [1.82, 2.24) is 10.3 Å². The van der Waals surface area contributed by atoms with Crippen LogP contribution in [0.15, 0.2) is 6.20 Å². The third-order valence-electron chi connectivity index (χ3n) is 2.15. The third-order valence-corrected chi connectivity index (χ3v) is 3.03. The molecule has 4 heteroatoms. The molecule has 72 valence electrons. The van der Waals surface area contributed by atoms with Crippen molar-refractivity contribution in [2.45, 2.75) is 26.1 Å². The first-order valence-electron chi connectivity index (χ1n) is 4.58. The number of aryl methyl sites for hydroxylation is 1. The van der Waals surface area contributed by atoms with E-state index in [-0.39, 0.29) is 0 Å². The monoisotopic (exact) mass is 198 g/mol. The molecule has 1 N–H and O–H groups in total. The summed E-state index contributed by atoms with van der Waals surface area (Å²) in [5, 5.41) is 4.39. The maximum absolute atomic E-state index is 5.71. The Balaban J connectivity index is 1.78. The Morgan fingerprint density at radius 3 is 3.31 bits per heavy atom. The highest BCUT2D eigenvalue weighted by molar-refractivity contribution is 7.11. The van der Waals surface area contributed by atoms with Gasteiger partial charge in [-0.25, -0.2) is 4.98 Å². The molecule has 2 heterocycles. The van der Waals surface area contributed by atoms with E-state index in [1.165, 1.54) is 4.88 Å². The molecule has 1 atom stereocenters. The summed E-state index contributed by atoms with van der Waals surface area (Å²) in [5.74, 6) is 0. The predicted octanol–water partition coefficient (Wildman–Crippen LogP) is 1.33. The maximum atomic E-state index is 5.71. The number of nitrogens with zero attached hydrogens (tertiary/aromatic N) is 1. The van der Waals surface area contributed by atoms with Crippen LogP contribution in [0.25, 0.3) is 0 Å². The van der Waals surface area contributed by atoms with Gasteiger partial charge in [-0.05, 0) is 19.9 Å². The Bertz CT molecular complexity index is 268.